The van der Waals surface area contributed by atoms with E-state index in [9.17, 15) is 18.0 Å². The van der Waals surface area contributed by atoms with Crippen LogP contribution in [-0.4, -0.2) is 38.1 Å². The van der Waals surface area contributed by atoms with Crippen molar-refractivity contribution in [2.45, 2.75) is 50.7 Å². The number of amides is 1. The third-order valence-corrected chi connectivity index (χ3v) is 5.67. The van der Waals surface area contributed by atoms with Crippen molar-refractivity contribution >= 4 is 28.0 Å². The molecule has 0 aromatic carbocycles. The molecule has 0 atom stereocenters. The maximum absolute atomic E-state index is 12.5. The number of carbonyl (C=O) groups is 1. The number of hydrogen-bond acceptors (Lipinski definition) is 4. The zero-order chi connectivity index (χ0) is 21.3. The third-order valence-electron chi connectivity index (χ3n) is 5.67. The maximum Gasteiger partial charge on any atom is 0.405 e. The Kier molecular flexibility index (Phi) is 5.37. The van der Waals surface area contributed by atoms with E-state index in [0.717, 1.165) is 36.6 Å². The van der Waals surface area contributed by atoms with Crippen molar-refractivity contribution in [2.75, 3.05) is 6.54 Å². The molecule has 4 rings (SSSR count). The zero-order valence-corrected chi connectivity index (χ0v) is 16.2. The molecule has 3 aromatic rings. The number of pyridine rings is 1. The summed E-state index contributed by atoms with van der Waals surface area (Å²) in [4.78, 5) is 24.1. The molecule has 0 unspecified atom stereocenters. The fourth-order valence-corrected chi connectivity index (χ4v) is 4.30. The molecule has 1 aliphatic carbocycles. The van der Waals surface area contributed by atoms with E-state index >= 15 is 0 Å². The predicted molar refractivity (Wildman–Crippen MR) is 103 cm³/mol. The molecule has 1 aliphatic rings. The van der Waals surface area contributed by atoms with Gasteiger partial charge in [-0.3, -0.25) is 4.79 Å². The van der Waals surface area contributed by atoms with Gasteiger partial charge in [0, 0.05) is 24.0 Å². The highest BCUT2D eigenvalue weighted by molar-refractivity contribution is 6.01. The molecule has 0 aliphatic heterocycles. The Morgan fingerprint density at radius 3 is 2.80 bits per heavy atom. The number of hydrogen-bond donors (Lipinski definition) is 2. The van der Waals surface area contributed by atoms with E-state index < -0.39 is 18.6 Å². The number of aromatic nitrogens is 4. The number of carbonyl (C=O) groups excluding carboxylic acids is 1. The highest BCUT2D eigenvalue weighted by Gasteiger charge is 2.30. The second kappa shape index (κ2) is 7.97. The lowest BCUT2D eigenvalue weighted by molar-refractivity contribution is -0.138. The van der Waals surface area contributed by atoms with Gasteiger partial charge in [0.1, 0.15) is 23.5 Å². The van der Waals surface area contributed by atoms with Crippen LogP contribution < -0.4 is 5.32 Å². The average molecular weight is 418 g/mol. The van der Waals surface area contributed by atoms with Crippen LogP contribution in [0.3, 0.4) is 0 Å². The summed E-state index contributed by atoms with van der Waals surface area (Å²) in [5, 5.41) is 11.7. The lowest BCUT2D eigenvalue weighted by Crippen LogP contribution is -2.35. The minimum absolute atomic E-state index is 0.0656. The lowest BCUT2D eigenvalue weighted by Gasteiger charge is -2.30. The first kappa shape index (κ1) is 20.2. The highest BCUT2D eigenvalue weighted by atomic mass is 19.4. The van der Waals surface area contributed by atoms with Crippen molar-refractivity contribution in [1.82, 2.24) is 24.8 Å². The van der Waals surface area contributed by atoms with Gasteiger partial charge in [0.05, 0.1) is 24.2 Å². The number of alkyl halides is 3. The number of rotatable bonds is 5. The number of H-pyrrole nitrogens is 1. The lowest BCUT2D eigenvalue weighted by atomic mass is 9.84. The smallest absolute Gasteiger partial charge is 0.347 e. The number of nitrogens with zero attached hydrogens (tertiary/aromatic N) is 4. The van der Waals surface area contributed by atoms with Crippen LogP contribution in [0, 0.1) is 17.2 Å². The summed E-state index contributed by atoms with van der Waals surface area (Å²) in [5.74, 6) is 0.0674. The van der Waals surface area contributed by atoms with Gasteiger partial charge in [-0.2, -0.15) is 18.4 Å². The van der Waals surface area contributed by atoms with Gasteiger partial charge in [-0.25, -0.2) is 9.97 Å². The van der Waals surface area contributed by atoms with Crippen LogP contribution in [0.4, 0.5) is 13.2 Å². The Labute approximate surface area is 170 Å². The zero-order valence-electron chi connectivity index (χ0n) is 16.2. The molecule has 0 spiro atoms. The van der Waals surface area contributed by atoms with E-state index in [2.05, 4.69) is 21.0 Å². The van der Waals surface area contributed by atoms with E-state index in [1.54, 1.807) is 12.4 Å². The van der Waals surface area contributed by atoms with Crippen LogP contribution in [0.1, 0.15) is 44.0 Å². The normalized spacial score (nSPS) is 19.8. The summed E-state index contributed by atoms with van der Waals surface area (Å²) in [5.41, 5.74) is 2.14. The van der Waals surface area contributed by atoms with E-state index in [1.807, 2.05) is 16.0 Å². The molecule has 0 radical (unpaired) electrons. The van der Waals surface area contributed by atoms with Gasteiger partial charge < -0.3 is 14.9 Å². The van der Waals surface area contributed by atoms with Crippen LogP contribution in [0.25, 0.3) is 22.1 Å². The first-order valence-electron chi connectivity index (χ1n) is 9.89. The summed E-state index contributed by atoms with van der Waals surface area (Å²) in [6, 6.07) is 4.18. The maximum atomic E-state index is 12.5. The van der Waals surface area contributed by atoms with E-state index in [1.165, 1.54) is 0 Å². The van der Waals surface area contributed by atoms with Crippen molar-refractivity contribution in [3.63, 3.8) is 0 Å². The van der Waals surface area contributed by atoms with Crippen molar-refractivity contribution in [3.8, 4) is 6.07 Å². The Balaban J connectivity index is 1.68. The minimum atomic E-state index is -4.46. The minimum Gasteiger partial charge on any atom is -0.347 e. The SMILES string of the molecule is N#CC[C@H]1CC[C@H](n2c(CC(=O)NCC(F)(F)F)nc3cnc4[nH]ccc4c32)CC1. The molecule has 158 valence electrons. The van der Waals surface area contributed by atoms with Crippen LogP contribution in [0.15, 0.2) is 18.5 Å². The van der Waals surface area contributed by atoms with Gasteiger partial charge in [0.25, 0.3) is 0 Å². The standard InChI is InChI=1S/C20H21F3N6O/c21-20(22,23)11-27-17(30)9-16-28-15-10-26-19-14(6-8-25-19)18(15)29(16)13-3-1-12(2-4-13)5-7-24/h6,8,10,12-13H,1-5,9,11H2,(H,25,26)(H,27,30)/t12-,13-. The van der Waals surface area contributed by atoms with Gasteiger partial charge in [-0.15, -0.1) is 0 Å². The molecule has 1 saturated carbocycles. The number of aromatic amines is 1. The van der Waals surface area contributed by atoms with Crippen molar-refractivity contribution < 1.29 is 18.0 Å². The van der Waals surface area contributed by atoms with Crippen molar-refractivity contribution in [1.29, 1.82) is 5.26 Å². The predicted octanol–water partition coefficient (Wildman–Crippen LogP) is 3.78. The number of imidazole rings is 1. The van der Waals surface area contributed by atoms with E-state index in [4.69, 9.17) is 5.26 Å². The number of halogens is 3. The molecule has 1 fully saturated rings. The second-order valence-corrected chi connectivity index (χ2v) is 7.74. The molecular weight excluding hydrogens is 397 g/mol. The van der Waals surface area contributed by atoms with Crippen LogP contribution in [0.2, 0.25) is 0 Å². The van der Waals surface area contributed by atoms with Crippen molar-refractivity contribution in [3.05, 3.63) is 24.3 Å². The van der Waals surface area contributed by atoms with Gasteiger partial charge in [0.15, 0.2) is 0 Å². The molecular formula is C20H21F3N6O. The number of nitrogens with one attached hydrogen (secondary N) is 2. The molecule has 10 heteroatoms. The fourth-order valence-electron chi connectivity index (χ4n) is 4.30. The molecule has 3 aromatic heterocycles. The summed E-state index contributed by atoms with van der Waals surface area (Å²) in [6.07, 6.45) is 2.63. The average Bonchev–Trinajstić information content (AvgIpc) is 3.30. The fraction of sp³-hybridized carbons (Fsp3) is 0.500. The summed E-state index contributed by atoms with van der Waals surface area (Å²) >= 11 is 0. The van der Waals surface area contributed by atoms with Crippen LogP contribution in [-0.2, 0) is 11.2 Å². The van der Waals surface area contributed by atoms with Crippen molar-refractivity contribution in [2.24, 2.45) is 5.92 Å². The van der Waals surface area contributed by atoms with Crippen LogP contribution in [0.5, 0.6) is 0 Å². The van der Waals surface area contributed by atoms with E-state index in [0.29, 0.717) is 29.3 Å². The summed E-state index contributed by atoms with van der Waals surface area (Å²) in [6.45, 7) is -1.37. The molecule has 30 heavy (non-hydrogen) atoms. The van der Waals surface area contributed by atoms with Crippen LogP contribution >= 0.6 is 0 Å². The molecule has 0 saturated heterocycles. The summed E-state index contributed by atoms with van der Waals surface area (Å²) < 4.78 is 39.4. The van der Waals surface area contributed by atoms with E-state index in [-0.39, 0.29) is 12.5 Å². The highest BCUT2D eigenvalue weighted by Crippen LogP contribution is 2.38. The Morgan fingerprint density at radius 2 is 2.10 bits per heavy atom. The number of nitriles is 1. The molecule has 2 N–H and O–H groups in total. The molecule has 1 amide bonds. The molecule has 0 bridgehead atoms. The number of fused-ring (bicyclic) bond motifs is 3. The summed E-state index contributed by atoms with van der Waals surface area (Å²) in [7, 11) is 0. The monoisotopic (exact) mass is 418 g/mol. The van der Waals surface area contributed by atoms with Gasteiger partial charge in [-0.05, 0) is 37.7 Å². The third kappa shape index (κ3) is 4.10. The van der Waals surface area contributed by atoms with Gasteiger partial charge in [0.2, 0.25) is 5.91 Å². The first-order valence-corrected chi connectivity index (χ1v) is 9.89. The Hall–Kier alpha value is -3.09. The second-order valence-electron chi connectivity index (χ2n) is 7.74. The Bertz CT molecular complexity index is 1100. The van der Waals surface area contributed by atoms with Gasteiger partial charge >= 0.3 is 6.18 Å². The quantitative estimate of drug-likeness (QED) is 0.659. The topological polar surface area (TPSA) is 99.4 Å². The Morgan fingerprint density at radius 1 is 1.33 bits per heavy atom. The van der Waals surface area contributed by atoms with Gasteiger partial charge in [-0.1, -0.05) is 0 Å². The first-order chi connectivity index (χ1) is 14.4. The molecule has 3 heterocycles. The largest absolute Gasteiger partial charge is 0.405 e. The molecule has 7 nitrogen and oxygen atoms in total.